The largest absolute Gasteiger partial charge is 0.361 e. The molecule has 148 valence electrons. The van der Waals surface area contributed by atoms with Gasteiger partial charge in [0.05, 0.1) is 11.1 Å². The van der Waals surface area contributed by atoms with E-state index in [0.29, 0.717) is 5.71 Å². The lowest BCUT2D eigenvalue weighted by molar-refractivity contribution is -0.00298. The lowest BCUT2D eigenvalue weighted by Crippen LogP contribution is -2.16. The van der Waals surface area contributed by atoms with Gasteiger partial charge in [0.1, 0.15) is 0 Å². The Bertz CT molecular complexity index is 1080. The van der Waals surface area contributed by atoms with Crippen molar-refractivity contribution in [3.8, 4) is 11.1 Å². The summed E-state index contributed by atoms with van der Waals surface area (Å²) in [7, 11) is 0. The van der Waals surface area contributed by atoms with Gasteiger partial charge in [0.25, 0.3) is 0 Å². The third kappa shape index (κ3) is 4.42. The summed E-state index contributed by atoms with van der Waals surface area (Å²) in [6, 6.07) is 12.4. The molecule has 2 aromatic carbocycles. The van der Waals surface area contributed by atoms with Crippen LogP contribution in [0.4, 0.5) is 0 Å². The Morgan fingerprint density at radius 3 is 1.83 bits per heavy atom. The standard InChI is InChI=1S/C24H23Br2N3/c1-14-10-18(24(3,4)5)11-15(2)21(14)23(29-27)22-19(25)12-17(13-20(22)26)16-6-8-28-9-7-16/h6-13H,1-5H3. The minimum Gasteiger partial charge on any atom is -0.361 e. The second-order valence-corrected chi connectivity index (χ2v) is 9.94. The summed E-state index contributed by atoms with van der Waals surface area (Å²) in [4.78, 5) is 7.80. The number of hydrogen-bond acceptors (Lipinski definition) is 1. The SMILES string of the molecule is Cc1cc(C(C)(C)C)cc(C)c1C(=[N+]=[N-])c1c(Br)cc(-c2ccncc2)cc1Br. The summed E-state index contributed by atoms with van der Waals surface area (Å²) in [5.41, 5.74) is 17.9. The second-order valence-electron chi connectivity index (χ2n) is 8.23. The van der Waals surface area contributed by atoms with Crippen LogP contribution in [0.5, 0.6) is 0 Å². The summed E-state index contributed by atoms with van der Waals surface area (Å²) in [5.74, 6) is 0. The van der Waals surface area contributed by atoms with Crippen LogP contribution in [-0.4, -0.2) is 15.5 Å². The van der Waals surface area contributed by atoms with Crippen molar-refractivity contribution in [2.24, 2.45) is 0 Å². The highest BCUT2D eigenvalue weighted by Gasteiger charge is 2.27. The molecule has 0 atom stereocenters. The normalized spacial score (nSPS) is 11.3. The number of benzene rings is 2. The molecule has 0 saturated heterocycles. The first-order valence-electron chi connectivity index (χ1n) is 9.37. The predicted octanol–water partition coefficient (Wildman–Crippen LogP) is 7.26. The zero-order chi connectivity index (χ0) is 21.3. The van der Waals surface area contributed by atoms with Gasteiger partial charge in [0.15, 0.2) is 0 Å². The van der Waals surface area contributed by atoms with Gasteiger partial charge in [-0.1, -0.05) is 32.9 Å². The fourth-order valence-corrected chi connectivity index (χ4v) is 5.07. The third-order valence-corrected chi connectivity index (χ3v) is 6.28. The van der Waals surface area contributed by atoms with E-state index in [9.17, 15) is 5.53 Å². The number of halogens is 2. The summed E-state index contributed by atoms with van der Waals surface area (Å²) < 4.78 is 1.70. The maximum Gasteiger partial charge on any atom is 0.332 e. The molecule has 0 aliphatic heterocycles. The topological polar surface area (TPSA) is 49.3 Å². The molecule has 3 nitrogen and oxygen atoms in total. The number of aryl methyl sites for hydroxylation is 2. The monoisotopic (exact) mass is 511 g/mol. The van der Waals surface area contributed by atoms with Crippen LogP contribution >= 0.6 is 31.9 Å². The molecule has 0 aliphatic rings. The second kappa shape index (κ2) is 8.35. The molecule has 3 aromatic rings. The zero-order valence-corrected chi connectivity index (χ0v) is 20.4. The van der Waals surface area contributed by atoms with Crippen LogP contribution in [0.15, 0.2) is 57.7 Å². The van der Waals surface area contributed by atoms with Gasteiger partial charge >= 0.3 is 5.71 Å². The van der Waals surface area contributed by atoms with Crippen LogP contribution in [0.2, 0.25) is 0 Å². The average Bonchev–Trinajstić information content (AvgIpc) is 2.65. The molecule has 1 heterocycles. The number of hydrogen-bond donors (Lipinski definition) is 0. The van der Waals surface area contributed by atoms with Crippen LogP contribution in [0, 0.1) is 13.8 Å². The van der Waals surface area contributed by atoms with Crippen molar-refractivity contribution >= 4 is 37.6 Å². The summed E-state index contributed by atoms with van der Waals surface area (Å²) in [5, 5.41) is 0. The first-order chi connectivity index (χ1) is 13.6. The fraction of sp³-hybridized carbons (Fsp3) is 0.250. The zero-order valence-electron chi connectivity index (χ0n) is 17.2. The van der Waals surface area contributed by atoms with Crippen LogP contribution in [0.3, 0.4) is 0 Å². The van der Waals surface area contributed by atoms with Gasteiger partial charge in [0, 0.05) is 21.3 Å². The highest BCUT2D eigenvalue weighted by atomic mass is 79.9. The Balaban J connectivity index is 2.17. The molecular weight excluding hydrogens is 490 g/mol. The summed E-state index contributed by atoms with van der Waals surface area (Å²) >= 11 is 7.38. The molecule has 0 aliphatic carbocycles. The van der Waals surface area contributed by atoms with E-state index >= 15 is 0 Å². The maximum absolute atomic E-state index is 9.98. The van der Waals surface area contributed by atoms with Gasteiger partial charge in [-0.15, -0.1) is 0 Å². The van der Waals surface area contributed by atoms with E-state index in [0.717, 1.165) is 42.3 Å². The van der Waals surface area contributed by atoms with Crippen LogP contribution in [-0.2, 0) is 5.41 Å². The van der Waals surface area contributed by atoms with Crippen molar-refractivity contribution in [1.29, 1.82) is 0 Å². The van der Waals surface area contributed by atoms with Crippen LogP contribution in [0.25, 0.3) is 16.7 Å². The van der Waals surface area contributed by atoms with E-state index < -0.39 is 0 Å². The van der Waals surface area contributed by atoms with Crippen molar-refractivity contribution in [3.63, 3.8) is 0 Å². The Morgan fingerprint density at radius 2 is 1.38 bits per heavy atom. The molecule has 0 bridgehead atoms. The average molecular weight is 513 g/mol. The minimum absolute atomic E-state index is 0.0535. The van der Waals surface area contributed by atoms with Gasteiger partial charge in [0.2, 0.25) is 0 Å². The van der Waals surface area contributed by atoms with Crippen molar-refractivity contribution in [2.75, 3.05) is 0 Å². The molecule has 0 radical (unpaired) electrons. The van der Waals surface area contributed by atoms with Gasteiger partial charge in [-0.25, -0.2) is 0 Å². The third-order valence-electron chi connectivity index (χ3n) is 5.03. The van der Waals surface area contributed by atoms with Gasteiger partial charge in [-0.05, 0) is 103 Å². The number of rotatable bonds is 3. The molecule has 0 fully saturated rings. The molecule has 29 heavy (non-hydrogen) atoms. The summed E-state index contributed by atoms with van der Waals surface area (Å²) in [6.45, 7) is 10.7. The quantitative estimate of drug-likeness (QED) is 0.207. The van der Waals surface area contributed by atoms with E-state index in [1.54, 1.807) is 12.4 Å². The maximum atomic E-state index is 9.98. The first kappa shape index (κ1) is 21.6. The molecule has 0 unspecified atom stereocenters. The van der Waals surface area contributed by atoms with Crippen LogP contribution < -0.4 is 0 Å². The Morgan fingerprint density at radius 1 is 0.862 bits per heavy atom. The van der Waals surface area contributed by atoms with E-state index in [1.165, 1.54) is 5.56 Å². The Hall–Kier alpha value is -2.07. The molecule has 0 amide bonds. The fourth-order valence-electron chi connectivity index (χ4n) is 3.51. The lowest BCUT2D eigenvalue weighted by atomic mass is 9.82. The van der Waals surface area contributed by atoms with E-state index in [1.807, 2.05) is 24.3 Å². The predicted molar refractivity (Wildman–Crippen MR) is 127 cm³/mol. The minimum atomic E-state index is 0.0535. The number of aromatic nitrogens is 1. The van der Waals surface area contributed by atoms with E-state index in [4.69, 9.17) is 0 Å². The molecule has 0 spiro atoms. The Kier molecular flexibility index (Phi) is 6.23. The van der Waals surface area contributed by atoms with Crippen molar-refractivity contribution < 1.29 is 4.79 Å². The van der Waals surface area contributed by atoms with Gasteiger partial charge in [-0.3, -0.25) is 4.98 Å². The number of nitrogens with zero attached hydrogens (tertiary/aromatic N) is 3. The van der Waals surface area contributed by atoms with Gasteiger partial charge < -0.3 is 5.53 Å². The van der Waals surface area contributed by atoms with Crippen LogP contribution in [0.1, 0.15) is 48.6 Å². The molecule has 1 aromatic heterocycles. The smallest absolute Gasteiger partial charge is 0.332 e. The highest BCUT2D eigenvalue weighted by Crippen LogP contribution is 2.35. The van der Waals surface area contributed by atoms with E-state index in [2.05, 4.69) is 88.4 Å². The molecular formula is C24H23Br2N3. The summed E-state index contributed by atoms with van der Waals surface area (Å²) in [6.07, 6.45) is 3.55. The lowest BCUT2D eigenvalue weighted by Gasteiger charge is -2.21. The van der Waals surface area contributed by atoms with Crippen molar-refractivity contribution in [3.05, 3.63) is 91.1 Å². The molecule has 5 heteroatoms. The molecule has 3 rings (SSSR count). The van der Waals surface area contributed by atoms with Gasteiger partial charge in [-0.2, -0.15) is 4.79 Å². The highest BCUT2D eigenvalue weighted by molar-refractivity contribution is 9.11. The van der Waals surface area contributed by atoms with E-state index in [-0.39, 0.29) is 5.41 Å². The molecule has 0 saturated carbocycles. The van der Waals surface area contributed by atoms with Crippen molar-refractivity contribution in [1.82, 2.24) is 4.98 Å². The van der Waals surface area contributed by atoms with Crippen molar-refractivity contribution in [2.45, 2.75) is 40.0 Å². The Labute approximate surface area is 189 Å². The molecule has 0 N–H and O–H groups in total. The first-order valence-corrected chi connectivity index (χ1v) is 11.0. The number of pyridine rings is 1.